The largest absolute Gasteiger partial charge is 0.378 e. The van der Waals surface area contributed by atoms with Gasteiger partial charge >= 0.3 is 0 Å². The Morgan fingerprint density at radius 2 is 1.82 bits per heavy atom. The Kier molecular flexibility index (Phi) is 4.14. The van der Waals surface area contributed by atoms with E-state index in [1.54, 1.807) is 6.08 Å². The number of aromatic nitrogens is 5. The molecule has 4 heterocycles. The fraction of sp³-hybridized carbons (Fsp3) is 0.190. The van der Waals surface area contributed by atoms with Crippen molar-refractivity contribution in [2.24, 2.45) is 0 Å². The topological polar surface area (TPSA) is 60.5 Å². The van der Waals surface area contributed by atoms with E-state index in [0.29, 0.717) is 13.2 Å². The van der Waals surface area contributed by atoms with E-state index < -0.39 is 0 Å². The quantitative estimate of drug-likeness (QED) is 0.551. The average Bonchev–Trinajstić information content (AvgIpc) is 3.41. The van der Waals surface area contributed by atoms with Gasteiger partial charge in [-0.05, 0) is 12.1 Å². The highest BCUT2D eigenvalue weighted by atomic mass is 16.5. The highest BCUT2D eigenvalue weighted by Gasteiger charge is 2.18. The van der Waals surface area contributed by atoms with Crippen LogP contribution in [-0.4, -0.2) is 50.7 Å². The lowest BCUT2D eigenvalue weighted by molar-refractivity contribution is 0.122. The molecule has 3 aromatic heterocycles. The van der Waals surface area contributed by atoms with E-state index in [0.717, 1.165) is 47.3 Å². The van der Waals surface area contributed by atoms with Crippen LogP contribution in [0.25, 0.3) is 28.8 Å². The highest BCUT2D eigenvalue weighted by molar-refractivity contribution is 5.61. The first-order valence-corrected chi connectivity index (χ1v) is 9.29. The standard InChI is InChI=1S/C21H20N6O/c1-2-17-14-20-22-19(15-21(27(20)23-17)25-10-12-28-13-11-25)26-9-8-18(24-26)16-6-4-3-5-7-16/h2-9,14-15H,1,10-13H2. The van der Waals surface area contributed by atoms with Crippen molar-refractivity contribution in [3.8, 4) is 17.1 Å². The van der Waals surface area contributed by atoms with Gasteiger partial charge in [-0.3, -0.25) is 0 Å². The normalized spacial score (nSPS) is 14.5. The number of morpholine rings is 1. The fourth-order valence-electron chi connectivity index (χ4n) is 3.41. The Bertz CT molecular complexity index is 1120. The molecule has 4 aromatic rings. The molecule has 0 unspecified atom stereocenters. The number of anilines is 1. The zero-order chi connectivity index (χ0) is 18.9. The molecule has 0 saturated carbocycles. The summed E-state index contributed by atoms with van der Waals surface area (Å²) < 4.78 is 9.19. The molecule has 7 heteroatoms. The summed E-state index contributed by atoms with van der Waals surface area (Å²) in [7, 11) is 0. The Morgan fingerprint density at radius 1 is 1.00 bits per heavy atom. The van der Waals surface area contributed by atoms with Crippen LogP contribution in [0.1, 0.15) is 5.69 Å². The van der Waals surface area contributed by atoms with E-state index in [2.05, 4.69) is 28.7 Å². The van der Waals surface area contributed by atoms with Gasteiger partial charge in [0, 0.05) is 37.0 Å². The van der Waals surface area contributed by atoms with Crippen molar-refractivity contribution in [3.05, 3.63) is 67.0 Å². The Labute approximate surface area is 162 Å². The van der Waals surface area contributed by atoms with Gasteiger partial charge in [-0.1, -0.05) is 36.9 Å². The van der Waals surface area contributed by atoms with Gasteiger partial charge in [0.1, 0.15) is 5.82 Å². The maximum absolute atomic E-state index is 5.51. The van der Waals surface area contributed by atoms with Crippen molar-refractivity contribution in [1.82, 2.24) is 24.4 Å². The van der Waals surface area contributed by atoms with Crippen LogP contribution < -0.4 is 4.90 Å². The zero-order valence-corrected chi connectivity index (χ0v) is 15.4. The van der Waals surface area contributed by atoms with Crippen LogP contribution in [0, 0.1) is 0 Å². The van der Waals surface area contributed by atoms with E-state index in [1.165, 1.54) is 0 Å². The summed E-state index contributed by atoms with van der Waals surface area (Å²) in [5.74, 6) is 1.74. The first-order chi connectivity index (χ1) is 13.8. The van der Waals surface area contributed by atoms with E-state index in [-0.39, 0.29) is 0 Å². The molecule has 0 aliphatic carbocycles. The molecule has 28 heavy (non-hydrogen) atoms. The summed E-state index contributed by atoms with van der Waals surface area (Å²) in [6.07, 6.45) is 3.67. The van der Waals surface area contributed by atoms with Crippen molar-refractivity contribution < 1.29 is 4.74 Å². The maximum Gasteiger partial charge on any atom is 0.160 e. The monoisotopic (exact) mass is 372 g/mol. The van der Waals surface area contributed by atoms with Crippen LogP contribution >= 0.6 is 0 Å². The molecule has 1 aromatic carbocycles. The van der Waals surface area contributed by atoms with Crippen molar-refractivity contribution >= 4 is 17.5 Å². The lowest BCUT2D eigenvalue weighted by Crippen LogP contribution is -2.37. The minimum atomic E-state index is 0.703. The second-order valence-electron chi connectivity index (χ2n) is 6.63. The molecular weight excluding hydrogens is 352 g/mol. The van der Waals surface area contributed by atoms with Gasteiger partial charge in [0.2, 0.25) is 0 Å². The van der Waals surface area contributed by atoms with Gasteiger partial charge in [-0.25, -0.2) is 9.67 Å². The van der Waals surface area contributed by atoms with Gasteiger partial charge in [0.15, 0.2) is 11.5 Å². The minimum absolute atomic E-state index is 0.703. The minimum Gasteiger partial charge on any atom is -0.378 e. The Morgan fingerprint density at radius 3 is 2.61 bits per heavy atom. The fourth-order valence-corrected chi connectivity index (χ4v) is 3.41. The molecular formula is C21H20N6O. The van der Waals surface area contributed by atoms with E-state index >= 15 is 0 Å². The van der Waals surface area contributed by atoms with Crippen molar-refractivity contribution in [3.63, 3.8) is 0 Å². The van der Waals surface area contributed by atoms with Gasteiger partial charge in [-0.15, -0.1) is 0 Å². The van der Waals surface area contributed by atoms with Crippen LogP contribution in [0.3, 0.4) is 0 Å². The molecule has 0 amide bonds. The molecule has 1 aliphatic rings. The van der Waals surface area contributed by atoms with Crippen LogP contribution in [-0.2, 0) is 4.74 Å². The molecule has 0 spiro atoms. The smallest absolute Gasteiger partial charge is 0.160 e. The summed E-state index contributed by atoms with van der Waals surface area (Å²) in [4.78, 5) is 7.04. The van der Waals surface area contributed by atoms with Gasteiger partial charge < -0.3 is 9.64 Å². The molecule has 0 bridgehead atoms. The van der Waals surface area contributed by atoms with Gasteiger partial charge in [-0.2, -0.15) is 14.7 Å². The van der Waals surface area contributed by atoms with Crippen LogP contribution in [0.4, 0.5) is 5.82 Å². The predicted octanol–water partition coefficient (Wildman–Crippen LogP) is 3.06. The number of rotatable bonds is 4. The van der Waals surface area contributed by atoms with E-state index in [1.807, 2.05) is 51.8 Å². The third kappa shape index (κ3) is 2.95. The highest BCUT2D eigenvalue weighted by Crippen LogP contribution is 2.23. The summed E-state index contributed by atoms with van der Waals surface area (Å²) in [5, 5.41) is 9.35. The number of fused-ring (bicyclic) bond motifs is 1. The van der Waals surface area contributed by atoms with Crippen molar-refractivity contribution in [2.75, 3.05) is 31.2 Å². The lowest BCUT2D eigenvalue weighted by Gasteiger charge is -2.29. The maximum atomic E-state index is 5.51. The summed E-state index contributed by atoms with van der Waals surface area (Å²) in [6, 6.07) is 16.1. The third-order valence-electron chi connectivity index (χ3n) is 4.85. The number of benzene rings is 1. The number of nitrogens with zero attached hydrogens (tertiary/aromatic N) is 6. The van der Waals surface area contributed by atoms with Gasteiger partial charge in [0.05, 0.1) is 24.6 Å². The SMILES string of the molecule is C=Cc1cc2nc(-n3ccc(-c4ccccc4)n3)cc(N3CCOCC3)n2n1. The number of hydrogen-bond acceptors (Lipinski definition) is 5. The molecule has 140 valence electrons. The predicted molar refractivity (Wildman–Crippen MR) is 109 cm³/mol. The molecule has 1 saturated heterocycles. The first-order valence-electron chi connectivity index (χ1n) is 9.29. The summed E-state index contributed by atoms with van der Waals surface area (Å²) in [5.41, 5.74) is 3.56. The van der Waals surface area contributed by atoms with Crippen LogP contribution in [0.5, 0.6) is 0 Å². The Hall–Kier alpha value is -3.45. The van der Waals surface area contributed by atoms with E-state index in [9.17, 15) is 0 Å². The number of ether oxygens (including phenoxy) is 1. The van der Waals surface area contributed by atoms with Crippen molar-refractivity contribution in [1.29, 1.82) is 0 Å². The van der Waals surface area contributed by atoms with Crippen molar-refractivity contribution in [2.45, 2.75) is 0 Å². The lowest BCUT2D eigenvalue weighted by atomic mass is 10.2. The molecule has 0 atom stereocenters. The molecule has 7 nitrogen and oxygen atoms in total. The molecule has 1 fully saturated rings. The second kappa shape index (κ2) is 6.94. The first kappa shape index (κ1) is 16.7. The van der Waals surface area contributed by atoms with Gasteiger partial charge in [0.25, 0.3) is 0 Å². The summed E-state index contributed by atoms with van der Waals surface area (Å²) in [6.45, 7) is 6.87. The second-order valence-corrected chi connectivity index (χ2v) is 6.63. The number of hydrogen-bond donors (Lipinski definition) is 0. The summed E-state index contributed by atoms with van der Waals surface area (Å²) >= 11 is 0. The third-order valence-corrected chi connectivity index (χ3v) is 4.85. The average molecular weight is 372 g/mol. The Balaban J connectivity index is 1.61. The molecule has 5 rings (SSSR count). The molecule has 1 aliphatic heterocycles. The van der Waals surface area contributed by atoms with E-state index in [4.69, 9.17) is 14.8 Å². The molecule has 0 radical (unpaired) electrons. The molecule has 0 N–H and O–H groups in total. The zero-order valence-electron chi connectivity index (χ0n) is 15.4. The van der Waals surface area contributed by atoms with Crippen LogP contribution in [0.2, 0.25) is 0 Å². The van der Waals surface area contributed by atoms with Crippen LogP contribution in [0.15, 0.2) is 61.3 Å².